The Morgan fingerprint density at radius 1 is 1.00 bits per heavy atom. The molecule has 0 atom stereocenters. The van der Waals surface area contributed by atoms with Crippen molar-refractivity contribution >= 4 is 29.0 Å². The molecule has 1 heterocycles. The molecule has 7 heteroatoms. The second-order valence-corrected chi connectivity index (χ2v) is 6.49. The molecule has 1 aromatic heterocycles. The lowest BCUT2D eigenvalue weighted by Crippen LogP contribution is -2.19. The van der Waals surface area contributed by atoms with Gasteiger partial charge in [-0.3, -0.25) is 9.59 Å². The van der Waals surface area contributed by atoms with Crippen LogP contribution in [0.25, 0.3) is 0 Å². The highest BCUT2D eigenvalue weighted by atomic mass is 16.1. The molecular weight excluding hydrogens is 366 g/mol. The fourth-order valence-electron chi connectivity index (χ4n) is 2.79. The van der Waals surface area contributed by atoms with E-state index in [1.54, 1.807) is 13.1 Å². The predicted octanol–water partition coefficient (Wildman–Crippen LogP) is 2.82. The van der Waals surface area contributed by atoms with E-state index in [4.69, 9.17) is 5.73 Å². The van der Waals surface area contributed by atoms with Crippen molar-refractivity contribution in [3.8, 4) is 0 Å². The van der Waals surface area contributed by atoms with E-state index in [2.05, 4.69) is 20.9 Å². The Kier molecular flexibility index (Phi) is 6.42. The van der Waals surface area contributed by atoms with Crippen molar-refractivity contribution in [2.24, 2.45) is 5.73 Å². The topological polar surface area (TPSA) is 109 Å². The van der Waals surface area contributed by atoms with Gasteiger partial charge in [0.2, 0.25) is 5.91 Å². The zero-order valence-electron chi connectivity index (χ0n) is 16.1. The summed E-state index contributed by atoms with van der Waals surface area (Å²) in [6.07, 6.45) is 1.79. The predicted molar refractivity (Wildman–Crippen MR) is 114 cm³/mol. The Balaban J connectivity index is 1.74. The van der Waals surface area contributed by atoms with Gasteiger partial charge in [-0.05, 0) is 23.3 Å². The van der Waals surface area contributed by atoms with Gasteiger partial charge in [-0.15, -0.1) is 0 Å². The first-order chi connectivity index (χ1) is 14.0. The maximum Gasteiger partial charge on any atom is 0.252 e. The van der Waals surface area contributed by atoms with Crippen LogP contribution < -0.4 is 21.7 Å². The summed E-state index contributed by atoms with van der Waals surface area (Å²) in [5.41, 5.74) is 9.23. The van der Waals surface area contributed by atoms with Gasteiger partial charge in [0.05, 0.1) is 17.7 Å². The molecular formula is C22H23N5O2. The van der Waals surface area contributed by atoms with Crippen LogP contribution in [0.2, 0.25) is 0 Å². The van der Waals surface area contributed by atoms with E-state index in [9.17, 15) is 9.59 Å². The van der Waals surface area contributed by atoms with Crippen LogP contribution in [-0.2, 0) is 17.8 Å². The fraction of sp³-hybridized carbons (Fsp3) is 0.136. The number of carbonyl (C=O) groups excluding carboxylic acids is 2. The molecule has 0 spiro atoms. The van der Waals surface area contributed by atoms with Crippen molar-refractivity contribution in [2.75, 3.05) is 17.7 Å². The van der Waals surface area contributed by atoms with Crippen molar-refractivity contribution < 1.29 is 9.59 Å². The minimum atomic E-state index is -0.543. The maximum absolute atomic E-state index is 11.7. The molecule has 148 valence electrons. The number of amides is 2. The Labute approximate surface area is 169 Å². The van der Waals surface area contributed by atoms with E-state index in [1.807, 2.05) is 54.6 Å². The average molecular weight is 389 g/mol. The van der Waals surface area contributed by atoms with Crippen molar-refractivity contribution in [3.63, 3.8) is 0 Å². The van der Waals surface area contributed by atoms with Gasteiger partial charge in [0.15, 0.2) is 0 Å². The third-order valence-electron chi connectivity index (χ3n) is 4.37. The van der Waals surface area contributed by atoms with E-state index >= 15 is 0 Å². The molecule has 0 saturated heterocycles. The largest absolute Gasteiger partial charge is 0.380 e. The summed E-state index contributed by atoms with van der Waals surface area (Å²) in [6.45, 7) is 0.554. The van der Waals surface area contributed by atoms with Gasteiger partial charge in [0.1, 0.15) is 5.82 Å². The molecule has 0 aliphatic carbocycles. The van der Waals surface area contributed by atoms with Crippen LogP contribution in [0.1, 0.15) is 21.5 Å². The molecule has 0 aliphatic rings. The number of likely N-dealkylation sites (N-methyl/N-ethyl adjacent to an activating group) is 1. The number of hydrogen-bond donors (Lipinski definition) is 4. The van der Waals surface area contributed by atoms with Gasteiger partial charge in [-0.2, -0.15) is 0 Å². The van der Waals surface area contributed by atoms with Crippen molar-refractivity contribution in [1.29, 1.82) is 0 Å². The van der Waals surface area contributed by atoms with Gasteiger partial charge in [-0.1, -0.05) is 42.5 Å². The molecule has 0 aliphatic heterocycles. The van der Waals surface area contributed by atoms with E-state index in [1.165, 1.54) is 6.20 Å². The lowest BCUT2D eigenvalue weighted by molar-refractivity contribution is -0.119. The Morgan fingerprint density at radius 2 is 1.72 bits per heavy atom. The zero-order chi connectivity index (χ0) is 20.6. The Hall–Kier alpha value is -3.87. The third-order valence-corrected chi connectivity index (χ3v) is 4.37. The first kappa shape index (κ1) is 19.9. The number of anilines is 3. The number of rotatable bonds is 8. The highest BCUT2D eigenvalue weighted by molar-refractivity contribution is 5.98. The SMILES string of the molecule is CNC(=O)Cc1ccc(Nc2cc(NCc3ccccc3)c(C(N)=O)cn2)cc1. The maximum atomic E-state index is 11.7. The van der Waals surface area contributed by atoms with E-state index in [0.29, 0.717) is 30.0 Å². The van der Waals surface area contributed by atoms with Gasteiger partial charge in [0, 0.05) is 31.5 Å². The number of nitrogens with zero attached hydrogens (tertiary/aromatic N) is 1. The lowest BCUT2D eigenvalue weighted by Gasteiger charge is -2.13. The van der Waals surface area contributed by atoms with Gasteiger partial charge < -0.3 is 21.7 Å². The highest BCUT2D eigenvalue weighted by Gasteiger charge is 2.11. The number of nitrogens with one attached hydrogen (secondary N) is 3. The second-order valence-electron chi connectivity index (χ2n) is 6.49. The number of primary amides is 1. The molecule has 2 aromatic carbocycles. The summed E-state index contributed by atoms with van der Waals surface area (Å²) in [5, 5.41) is 9.05. The number of benzene rings is 2. The third kappa shape index (κ3) is 5.55. The molecule has 2 amide bonds. The molecule has 29 heavy (non-hydrogen) atoms. The number of pyridine rings is 1. The second kappa shape index (κ2) is 9.36. The Morgan fingerprint density at radius 3 is 2.38 bits per heavy atom. The molecule has 0 saturated carbocycles. The van der Waals surface area contributed by atoms with Gasteiger partial charge in [-0.25, -0.2) is 4.98 Å². The Bertz CT molecular complexity index is 988. The van der Waals surface area contributed by atoms with Crippen molar-refractivity contribution in [2.45, 2.75) is 13.0 Å². The smallest absolute Gasteiger partial charge is 0.252 e. The minimum absolute atomic E-state index is 0.0384. The summed E-state index contributed by atoms with van der Waals surface area (Å²) < 4.78 is 0. The first-order valence-corrected chi connectivity index (χ1v) is 9.19. The summed E-state index contributed by atoms with van der Waals surface area (Å²) in [5.74, 6) is -0.00803. The number of hydrogen-bond acceptors (Lipinski definition) is 5. The molecule has 7 nitrogen and oxygen atoms in total. The molecule has 0 bridgehead atoms. The van der Waals surface area contributed by atoms with Crippen LogP contribution in [0.5, 0.6) is 0 Å². The molecule has 3 rings (SSSR count). The quantitative estimate of drug-likeness (QED) is 0.474. The summed E-state index contributed by atoms with van der Waals surface area (Å²) >= 11 is 0. The van der Waals surface area contributed by atoms with E-state index < -0.39 is 5.91 Å². The van der Waals surface area contributed by atoms with Crippen LogP contribution in [0.3, 0.4) is 0 Å². The minimum Gasteiger partial charge on any atom is -0.380 e. The fourth-order valence-corrected chi connectivity index (χ4v) is 2.79. The number of carbonyl (C=O) groups is 2. The van der Waals surface area contributed by atoms with Crippen LogP contribution in [0.4, 0.5) is 17.2 Å². The first-order valence-electron chi connectivity index (χ1n) is 9.19. The average Bonchev–Trinajstić information content (AvgIpc) is 2.74. The lowest BCUT2D eigenvalue weighted by atomic mass is 10.1. The monoisotopic (exact) mass is 389 g/mol. The van der Waals surface area contributed by atoms with E-state index in [0.717, 1.165) is 16.8 Å². The summed E-state index contributed by atoms with van der Waals surface area (Å²) in [6, 6.07) is 19.1. The summed E-state index contributed by atoms with van der Waals surface area (Å²) in [4.78, 5) is 27.5. The van der Waals surface area contributed by atoms with Crippen molar-refractivity contribution in [1.82, 2.24) is 10.3 Å². The molecule has 5 N–H and O–H groups in total. The summed E-state index contributed by atoms with van der Waals surface area (Å²) in [7, 11) is 1.61. The molecule has 0 unspecified atom stereocenters. The van der Waals surface area contributed by atoms with Crippen molar-refractivity contribution in [3.05, 3.63) is 83.6 Å². The van der Waals surface area contributed by atoms with Crippen LogP contribution in [0.15, 0.2) is 66.9 Å². The number of nitrogens with two attached hydrogens (primary N) is 1. The van der Waals surface area contributed by atoms with E-state index in [-0.39, 0.29) is 5.91 Å². The molecule has 0 fully saturated rings. The normalized spacial score (nSPS) is 10.2. The zero-order valence-corrected chi connectivity index (χ0v) is 16.1. The van der Waals surface area contributed by atoms with Gasteiger partial charge in [0.25, 0.3) is 5.91 Å². The van der Waals surface area contributed by atoms with Crippen LogP contribution >= 0.6 is 0 Å². The standard InChI is InChI=1S/C22H23N5O2/c1-24-21(28)11-15-7-9-17(10-8-15)27-20-12-19(18(14-26-20)22(23)29)25-13-16-5-3-2-4-6-16/h2-10,12,14H,11,13H2,1H3,(H2,23,29)(H,24,28)(H2,25,26,27). The number of aromatic nitrogens is 1. The highest BCUT2D eigenvalue weighted by Crippen LogP contribution is 2.22. The molecule has 3 aromatic rings. The van der Waals surface area contributed by atoms with Crippen LogP contribution in [-0.4, -0.2) is 23.8 Å². The van der Waals surface area contributed by atoms with Crippen LogP contribution in [0, 0.1) is 0 Å². The van der Waals surface area contributed by atoms with Gasteiger partial charge >= 0.3 is 0 Å². The molecule has 0 radical (unpaired) electrons.